The number of hydrogen-bond donors (Lipinski definition) is 2. The average Bonchev–Trinajstić information content (AvgIpc) is 2.14. The fourth-order valence-corrected chi connectivity index (χ4v) is 0.533. The fourth-order valence-electron chi connectivity index (χ4n) is 0.533. The molecule has 3 N–H and O–H groups in total. The summed E-state index contributed by atoms with van der Waals surface area (Å²) < 4.78 is 4.50. The molecule has 0 atom stereocenters. The number of nitrogens with zero attached hydrogens (tertiary/aromatic N) is 1. The Morgan fingerprint density at radius 3 is 2.60 bits per heavy atom. The summed E-state index contributed by atoms with van der Waals surface area (Å²) in [5.74, 6) is -0.841. The maximum absolute atomic E-state index is 10.2. The standard InChI is InChI=1S/C5H6N2O3/c1-2-3(6)4(5(8)9)7-10-2/h6H2,1H3,(H,8,9). The molecule has 0 saturated heterocycles. The minimum absolute atomic E-state index is 0.0903. The second kappa shape index (κ2) is 2.02. The SMILES string of the molecule is Cc1onc(C(=O)O)c1N. The Kier molecular flexibility index (Phi) is 1.33. The fraction of sp³-hybridized carbons (Fsp3) is 0.200. The van der Waals surface area contributed by atoms with Crippen LogP contribution in [0.5, 0.6) is 0 Å². The lowest BCUT2D eigenvalue weighted by Crippen LogP contribution is -2.00. The van der Waals surface area contributed by atoms with Gasteiger partial charge in [-0.2, -0.15) is 0 Å². The van der Waals surface area contributed by atoms with Crippen molar-refractivity contribution < 1.29 is 14.4 Å². The van der Waals surface area contributed by atoms with Gasteiger partial charge in [0.2, 0.25) is 5.69 Å². The van der Waals surface area contributed by atoms with Gasteiger partial charge in [-0.05, 0) is 6.92 Å². The summed E-state index contributed by atoms with van der Waals surface area (Å²) in [6.45, 7) is 1.55. The van der Waals surface area contributed by atoms with Gasteiger partial charge in [-0.3, -0.25) is 0 Å². The Balaban J connectivity index is 3.17. The monoisotopic (exact) mass is 142 g/mol. The average molecular weight is 142 g/mol. The number of aryl methyl sites for hydroxylation is 1. The van der Waals surface area contributed by atoms with Crippen molar-refractivity contribution in [2.24, 2.45) is 0 Å². The maximum Gasteiger partial charge on any atom is 0.360 e. The first-order valence-corrected chi connectivity index (χ1v) is 2.58. The molecule has 0 aromatic carbocycles. The van der Waals surface area contributed by atoms with Crippen LogP contribution in [0.4, 0.5) is 5.69 Å². The first kappa shape index (κ1) is 6.60. The molecule has 54 valence electrons. The molecular weight excluding hydrogens is 136 g/mol. The lowest BCUT2D eigenvalue weighted by molar-refractivity contribution is 0.0686. The van der Waals surface area contributed by atoms with Gasteiger partial charge in [0.25, 0.3) is 0 Å². The Hall–Kier alpha value is -1.52. The van der Waals surface area contributed by atoms with Crippen molar-refractivity contribution >= 4 is 11.7 Å². The molecule has 1 rings (SSSR count). The second-order valence-corrected chi connectivity index (χ2v) is 1.81. The number of carboxylic acid groups (broad SMARTS) is 1. The van der Waals surface area contributed by atoms with Gasteiger partial charge in [-0.25, -0.2) is 4.79 Å². The number of nitrogen functional groups attached to an aromatic ring is 1. The molecule has 0 radical (unpaired) electrons. The Bertz CT molecular complexity index is 266. The summed E-state index contributed by atoms with van der Waals surface area (Å²) in [4.78, 5) is 10.2. The highest BCUT2D eigenvalue weighted by molar-refractivity contribution is 5.91. The third-order valence-corrected chi connectivity index (χ3v) is 1.11. The van der Waals surface area contributed by atoms with Crippen LogP contribution in [0.2, 0.25) is 0 Å². The van der Waals surface area contributed by atoms with E-state index in [1.165, 1.54) is 0 Å². The summed E-state index contributed by atoms with van der Waals surface area (Å²) in [6.07, 6.45) is 0. The largest absolute Gasteiger partial charge is 0.476 e. The predicted molar refractivity (Wildman–Crippen MR) is 32.6 cm³/mol. The zero-order valence-corrected chi connectivity index (χ0v) is 5.29. The van der Waals surface area contributed by atoms with Crippen LogP contribution >= 0.6 is 0 Å². The van der Waals surface area contributed by atoms with E-state index in [2.05, 4.69) is 9.68 Å². The number of aromatic nitrogens is 1. The van der Waals surface area contributed by atoms with Gasteiger partial charge in [0.05, 0.1) is 0 Å². The third-order valence-electron chi connectivity index (χ3n) is 1.11. The quantitative estimate of drug-likeness (QED) is 0.587. The van der Waals surface area contributed by atoms with Crippen LogP contribution in [0, 0.1) is 6.92 Å². The first-order valence-electron chi connectivity index (χ1n) is 2.58. The highest BCUT2D eigenvalue weighted by Crippen LogP contribution is 2.14. The molecule has 0 unspecified atom stereocenters. The molecule has 1 aromatic rings. The molecule has 0 spiro atoms. The van der Waals surface area contributed by atoms with Crippen molar-refractivity contribution in [1.82, 2.24) is 5.16 Å². The van der Waals surface area contributed by atoms with E-state index in [1.807, 2.05) is 0 Å². The molecule has 0 saturated carbocycles. The van der Waals surface area contributed by atoms with E-state index in [0.29, 0.717) is 5.76 Å². The number of hydrogen-bond acceptors (Lipinski definition) is 4. The van der Waals surface area contributed by atoms with E-state index in [4.69, 9.17) is 10.8 Å². The van der Waals surface area contributed by atoms with Crippen LogP contribution < -0.4 is 5.73 Å². The zero-order chi connectivity index (χ0) is 7.72. The molecule has 1 aromatic heterocycles. The van der Waals surface area contributed by atoms with Crippen molar-refractivity contribution in [3.8, 4) is 0 Å². The Morgan fingerprint density at radius 1 is 1.80 bits per heavy atom. The van der Waals surface area contributed by atoms with Gasteiger partial charge in [0, 0.05) is 0 Å². The normalized spacial score (nSPS) is 9.70. The Morgan fingerprint density at radius 2 is 2.40 bits per heavy atom. The number of carboxylic acids is 1. The van der Waals surface area contributed by atoms with Crippen molar-refractivity contribution in [1.29, 1.82) is 0 Å². The van der Waals surface area contributed by atoms with Crippen LogP contribution in [0.25, 0.3) is 0 Å². The number of rotatable bonds is 1. The van der Waals surface area contributed by atoms with Gasteiger partial charge in [-0.1, -0.05) is 5.16 Å². The molecule has 0 bridgehead atoms. The maximum atomic E-state index is 10.2. The van der Waals surface area contributed by atoms with E-state index in [9.17, 15) is 4.79 Å². The van der Waals surface area contributed by atoms with Crippen molar-refractivity contribution in [2.75, 3.05) is 5.73 Å². The van der Waals surface area contributed by atoms with Crippen molar-refractivity contribution in [3.05, 3.63) is 11.5 Å². The van der Waals surface area contributed by atoms with Crippen LogP contribution in [-0.2, 0) is 0 Å². The van der Waals surface area contributed by atoms with Crippen LogP contribution in [0.3, 0.4) is 0 Å². The van der Waals surface area contributed by atoms with E-state index >= 15 is 0 Å². The van der Waals surface area contributed by atoms with E-state index in [-0.39, 0.29) is 11.4 Å². The van der Waals surface area contributed by atoms with Crippen LogP contribution in [-0.4, -0.2) is 16.2 Å². The number of nitrogens with two attached hydrogens (primary N) is 1. The van der Waals surface area contributed by atoms with Crippen molar-refractivity contribution in [3.63, 3.8) is 0 Å². The lowest BCUT2D eigenvalue weighted by atomic mass is 10.3. The topological polar surface area (TPSA) is 89.3 Å². The predicted octanol–water partition coefficient (Wildman–Crippen LogP) is 0.263. The molecule has 0 aliphatic rings. The van der Waals surface area contributed by atoms with Crippen molar-refractivity contribution in [2.45, 2.75) is 6.92 Å². The van der Waals surface area contributed by atoms with E-state index < -0.39 is 5.97 Å². The summed E-state index contributed by atoms with van der Waals surface area (Å²) in [6, 6.07) is 0. The van der Waals surface area contributed by atoms with E-state index in [0.717, 1.165) is 0 Å². The minimum atomic E-state index is -1.17. The zero-order valence-electron chi connectivity index (χ0n) is 5.29. The third kappa shape index (κ3) is 0.812. The summed E-state index contributed by atoms with van der Waals surface area (Å²) >= 11 is 0. The summed E-state index contributed by atoms with van der Waals surface area (Å²) in [5, 5.41) is 11.6. The van der Waals surface area contributed by atoms with Gasteiger partial charge in [0.15, 0.2) is 5.76 Å². The molecule has 0 fully saturated rings. The van der Waals surface area contributed by atoms with Crippen LogP contribution in [0.1, 0.15) is 16.2 Å². The second-order valence-electron chi connectivity index (χ2n) is 1.81. The number of carbonyl (C=O) groups is 1. The minimum Gasteiger partial charge on any atom is -0.476 e. The molecule has 5 heteroatoms. The summed E-state index contributed by atoms with van der Waals surface area (Å²) in [5.41, 5.74) is 5.13. The molecule has 1 heterocycles. The molecule has 0 aliphatic heterocycles. The number of aromatic carboxylic acids is 1. The number of anilines is 1. The molecular formula is C5H6N2O3. The van der Waals surface area contributed by atoms with Gasteiger partial charge < -0.3 is 15.4 Å². The Labute approximate surface area is 56.4 Å². The highest BCUT2D eigenvalue weighted by atomic mass is 16.5. The molecule has 0 amide bonds. The summed E-state index contributed by atoms with van der Waals surface area (Å²) in [7, 11) is 0. The highest BCUT2D eigenvalue weighted by Gasteiger charge is 2.15. The van der Waals surface area contributed by atoms with E-state index in [1.54, 1.807) is 6.92 Å². The smallest absolute Gasteiger partial charge is 0.360 e. The van der Waals surface area contributed by atoms with Gasteiger partial charge in [-0.15, -0.1) is 0 Å². The molecule has 10 heavy (non-hydrogen) atoms. The van der Waals surface area contributed by atoms with Gasteiger partial charge in [0.1, 0.15) is 5.69 Å². The first-order chi connectivity index (χ1) is 4.63. The van der Waals surface area contributed by atoms with Gasteiger partial charge >= 0.3 is 5.97 Å². The molecule has 0 aliphatic carbocycles. The van der Waals surface area contributed by atoms with Crippen LogP contribution in [0.15, 0.2) is 4.52 Å². The molecule has 5 nitrogen and oxygen atoms in total. The lowest BCUT2D eigenvalue weighted by Gasteiger charge is -1.85.